The highest BCUT2D eigenvalue weighted by Crippen LogP contribution is 2.32. The van der Waals surface area contributed by atoms with Crippen molar-refractivity contribution < 1.29 is 9.53 Å². The maximum Gasteiger partial charge on any atom is 0.407 e. The average molecular weight is 322 g/mol. The minimum Gasteiger partial charge on any atom is -0.444 e. The Morgan fingerprint density at radius 3 is 2.83 bits per heavy atom. The Labute approximate surface area is 139 Å². The first-order valence-electron chi connectivity index (χ1n) is 8.59. The van der Waals surface area contributed by atoms with Crippen LogP contribution in [0.2, 0.25) is 0 Å². The van der Waals surface area contributed by atoms with Gasteiger partial charge in [-0.1, -0.05) is 6.92 Å². The monoisotopic (exact) mass is 322 g/mol. The molecule has 23 heavy (non-hydrogen) atoms. The standard InChI is InChI=1S/C17H30N4O2/c1-5-8-21-12-13(10-19-21)9-18-11-15(14-6-7-14)20-16(22)23-17(2,3)4/h10,12,14-15,18H,5-9,11H2,1-4H3,(H,20,22). The molecule has 0 aromatic carbocycles. The van der Waals surface area contributed by atoms with Crippen molar-refractivity contribution in [2.24, 2.45) is 5.92 Å². The molecular weight excluding hydrogens is 292 g/mol. The van der Waals surface area contributed by atoms with Gasteiger partial charge in [0.25, 0.3) is 0 Å². The Bertz CT molecular complexity index is 503. The summed E-state index contributed by atoms with van der Waals surface area (Å²) in [6.07, 6.45) is 7.08. The zero-order valence-electron chi connectivity index (χ0n) is 14.8. The molecule has 0 spiro atoms. The molecule has 1 aliphatic rings. The van der Waals surface area contributed by atoms with Crippen molar-refractivity contribution in [3.63, 3.8) is 0 Å². The second-order valence-corrected chi connectivity index (χ2v) is 7.33. The Morgan fingerprint density at radius 2 is 2.22 bits per heavy atom. The summed E-state index contributed by atoms with van der Waals surface area (Å²) in [4.78, 5) is 11.9. The Morgan fingerprint density at radius 1 is 1.48 bits per heavy atom. The normalized spacial score (nSPS) is 16.2. The van der Waals surface area contributed by atoms with Crippen molar-refractivity contribution in [3.05, 3.63) is 18.0 Å². The summed E-state index contributed by atoms with van der Waals surface area (Å²) >= 11 is 0. The Kier molecular flexibility index (Phi) is 6.04. The van der Waals surface area contributed by atoms with Crippen LogP contribution in [0.15, 0.2) is 12.4 Å². The molecule has 1 aromatic heterocycles. The van der Waals surface area contributed by atoms with Gasteiger partial charge < -0.3 is 15.4 Å². The third-order valence-corrected chi connectivity index (χ3v) is 3.73. The highest BCUT2D eigenvalue weighted by atomic mass is 16.6. The van der Waals surface area contributed by atoms with Gasteiger partial charge in [-0.2, -0.15) is 5.10 Å². The quantitative estimate of drug-likeness (QED) is 0.772. The number of nitrogens with zero attached hydrogens (tertiary/aromatic N) is 2. The highest BCUT2D eigenvalue weighted by molar-refractivity contribution is 5.68. The van der Waals surface area contributed by atoms with Crippen LogP contribution in [0, 0.1) is 5.92 Å². The molecule has 1 unspecified atom stereocenters. The lowest BCUT2D eigenvalue weighted by molar-refractivity contribution is 0.0497. The van der Waals surface area contributed by atoms with Crippen molar-refractivity contribution in [2.45, 2.75) is 71.7 Å². The van der Waals surface area contributed by atoms with E-state index in [4.69, 9.17) is 4.74 Å². The van der Waals surface area contributed by atoms with Gasteiger partial charge in [-0.25, -0.2) is 4.79 Å². The van der Waals surface area contributed by atoms with Gasteiger partial charge in [0, 0.05) is 37.4 Å². The van der Waals surface area contributed by atoms with Gasteiger partial charge in [0.1, 0.15) is 5.60 Å². The largest absolute Gasteiger partial charge is 0.444 e. The van der Waals surface area contributed by atoms with Crippen LogP contribution in [0.1, 0.15) is 52.5 Å². The number of alkyl carbamates (subject to hydrolysis) is 1. The summed E-state index contributed by atoms with van der Waals surface area (Å²) in [5, 5.41) is 10.8. The second kappa shape index (κ2) is 7.81. The van der Waals surface area contributed by atoms with Crippen LogP contribution in [-0.4, -0.2) is 34.1 Å². The predicted molar refractivity (Wildman–Crippen MR) is 90.1 cm³/mol. The van der Waals surface area contributed by atoms with Gasteiger partial charge in [-0.15, -0.1) is 0 Å². The number of ether oxygens (including phenoxy) is 1. The molecule has 0 radical (unpaired) electrons. The van der Waals surface area contributed by atoms with E-state index in [2.05, 4.69) is 28.9 Å². The zero-order valence-corrected chi connectivity index (χ0v) is 14.8. The van der Waals surface area contributed by atoms with Crippen molar-refractivity contribution in [2.75, 3.05) is 6.54 Å². The third kappa shape index (κ3) is 6.60. The van der Waals surface area contributed by atoms with E-state index < -0.39 is 5.60 Å². The predicted octanol–water partition coefficient (Wildman–Crippen LogP) is 2.69. The highest BCUT2D eigenvalue weighted by Gasteiger charge is 2.33. The first-order valence-corrected chi connectivity index (χ1v) is 8.59. The van der Waals surface area contributed by atoms with Crippen molar-refractivity contribution in [1.29, 1.82) is 0 Å². The summed E-state index contributed by atoms with van der Waals surface area (Å²) in [7, 11) is 0. The molecule has 1 atom stereocenters. The van der Waals surface area contributed by atoms with E-state index in [-0.39, 0.29) is 12.1 Å². The molecule has 1 heterocycles. The lowest BCUT2D eigenvalue weighted by Gasteiger charge is -2.23. The molecule has 6 heteroatoms. The fourth-order valence-electron chi connectivity index (χ4n) is 2.51. The first kappa shape index (κ1) is 17.8. The maximum absolute atomic E-state index is 11.9. The molecule has 1 amide bonds. The molecule has 130 valence electrons. The van der Waals surface area contributed by atoms with E-state index in [1.807, 2.05) is 31.6 Å². The van der Waals surface area contributed by atoms with Crippen molar-refractivity contribution in [1.82, 2.24) is 20.4 Å². The number of aromatic nitrogens is 2. The summed E-state index contributed by atoms with van der Waals surface area (Å²) in [6.45, 7) is 10.2. The Hall–Kier alpha value is -1.56. The number of hydrogen-bond donors (Lipinski definition) is 2. The number of carbonyl (C=O) groups is 1. The smallest absolute Gasteiger partial charge is 0.407 e. The van der Waals surface area contributed by atoms with Gasteiger partial charge in [0.15, 0.2) is 0 Å². The summed E-state index contributed by atoms with van der Waals surface area (Å²) in [5.41, 5.74) is 0.713. The van der Waals surface area contributed by atoms with E-state index in [9.17, 15) is 4.79 Å². The van der Waals surface area contributed by atoms with Crippen LogP contribution in [0.25, 0.3) is 0 Å². The molecule has 0 aliphatic heterocycles. The van der Waals surface area contributed by atoms with Crippen LogP contribution in [0.3, 0.4) is 0 Å². The molecule has 1 aliphatic carbocycles. The van der Waals surface area contributed by atoms with Crippen LogP contribution in [-0.2, 0) is 17.8 Å². The Balaban J connectivity index is 1.75. The van der Waals surface area contributed by atoms with E-state index in [0.29, 0.717) is 5.92 Å². The zero-order chi connectivity index (χ0) is 16.9. The van der Waals surface area contributed by atoms with Gasteiger partial charge in [0.05, 0.1) is 6.20 Å². The minimum atomic E-state index is -0.459. The first-order chi connectivity index (χ1) is 10.9. The summed E-state index contributed by atoms with van der Waals surface area (Å²) in [6, 6.07) is 0.135. The van der Waals surface area contributed by atoms with E-state index in [1.165, 1.54) is 18.4 Å². The lowest BCUT2D eigenvalue weighted by atomic mass is 10.2. The molecule has 2 N–H and O–H groups in total. The fraction of sp³-hybridized carbons (Fsp3) is 0.765. The number of nitrogens with one attached hydrogen (secondary N) is 2. The van der Waals surface area contributed by atoms with Crippen LogP contribution in [0.5, 0.6) is 0 Å². The van der Waals surface area contributed by atoms with Gasteiger partial charge in [-0.05, 0) is 46.0 Å². The average Bonchev–Trinajstić information content (AvgIpc) is 3.18. The molecule has 6 nitrogen and oxygen atoms in total. The molecule has 1 fully saturated rings. The fourth-order valence-corrected chi connectivity index (χ4v) is 2.51. The third-order valence-electron chi connectivity index (χ3n) is 3.73. The van der Waals surface area contributed by atoms with E-state index in [1.54, 1.807) is 0 Å². The van der Waals surface area contributed by atoms with Gasteiger partial charge in [0.2, 0.25) is 0 Å². The maximum atomic E-state index is 11.9. The molecule has 2 rings (SSSR count). The van der Waals surface area contributed by atoms with Gasteiger partial charge in [-0.3, -0.25) is 4.68 Å². The number of aryl methyl sites for hydroxylation is 1. The second-order valence-electron chi connectivity index (χ2n) is 7.33. The SMILES string of the molecule is CCCn1cc(CNCC(NC(=O)OC(C)(C)C)C2CC2)cn1. The van der Waals surface area contributed by atoms with Crippen molar-refractivity contribution >= 4 is 6.09 Å². The number of rotatable bonds is 8. The summed E-state index contributed by atoms with van der Waals surface area (Å²) < 4.78 is 7.32. The number of hydrogen-bond acceptors (Lipinski definition) is 4. The van der Waals surface area contributed by atoms with Crippen LogP contribution >= 0.6 is 0 Å². The lowest BCUT2D eigenvalue weighted by Crippen LogP contribution is -2.45. The molecule has 1 aromatic rings. The number of amides is 1. The molecular formula is C17H30N4O2. The van der Waals surface area contributed by atoms with Crippen molar-refractivity contribution in [3.8, 4) is 0 Å². The molecule has 0 saturated heterocycles. The molecule has 0 bridgehead atoms. The van der Waals surface area contributed by atoms with Crippen LogP contribution < -0.4 is 10.6 Å². The number of carbonyl (C=O) groups excluding carboxylic acids is 1. The molecule has 1 saturated carbocycles. The summed E-state index contributed by atoms with van der Waals surface area (Å²) in [5.74, 6) is 0.567. The minimum absolute atomic E-state index is 0.135. The van der Waals surface area contributed by atoms with Gasteiger partial charge >= 0.3 is 6.09 Å². The van der Waals surface area contributed by atoms with E-state index in [0.717, 1.165) is 26.1 Å². The van der Waals surface area contributed by atoms with Crippen LogP contribution in [0.4, 0.5) is 4.79 Å². The topological polar surface area (TPSA) is 68.2 Å². The van der Waals surface area contributed by atoms with E-state index >= 15 is 0 Å².